The first-order valence-electron chi connectivity index (χ1n) is 7.12. The second-order valence-corrected chi connectivity index (χ2v) is 6.43. The van der Waals surface area contributed by atoms with Gasteiger partial charge in [-0.15, -0.1) is 11.8 Å². The molecule has 0 aliphatic carbocycles. The van der Waals surface area contributed by atoms with Gasteiger partial charge < -0.3 is 5.32 Å². The molecule has 0 bridgehead atoms. The van der Waals surface area contributed by atoms with E-state index in [-0.39, 0.29) is 11.8 Å². The number of carbonyl (C=O) groups is 1. The third kappa shape index (κ3) is 4.64. The molecular weight excluding hydrogens is 278 g/mol. The predicted octanol–water partition coefficient (Wildman–Crippen LogP) is 4.67. The van der Waals surface area contributed by atoms with E-state index in [9.17, 15) is 4.79 Å². The Hall–Kier alpha value is -1.74. The van der Waals surface area contributed by atoms with Crippen LogP contribution in [0.1, 0.15) is 18.1 Å². The number of amides is 1. The zero-order chi connectivity index (χ0) is 15.2. The third-order valence-electron chi connectivity index (χ3n) is 3.34. The molecule has 2 rings (SSSR count). The number of benzene rings is 2. The topological polar surface area (TPSA) is 29.1 Å². The normalized spacial score (nSPS) is 12.0. The smallest absolute Gasteiger partial charge is 0.228 e. The van der Waals surface area contributed by atoms with Crippen LogP contribution in [0.5, 0.6) is 0 Å². The molecule has 1 atom stereocenters. The Balaban J connectivity index is 1.92. The van der Waals surface area contributed by atoms with Crippen molar-refractivity contribution in [2.24, 2.45) is 5.92 Å². The lowest BCUT2D eigenvalue weighted by Gasteiger charge is -2.14. The van der Waals surface area contributed by atoms with E-state index in [1.807, 2.05) is 51.1 Å². The summed E-state index contributed by atoms with van der Waals surface area (Å²) in [4.78, 5) is 13.5. The minimum Gasteiger partial charge on any atom is -0.326 e. The molecule has 0 aliphatic heterocycles. The maximum Gasteiger partial charge on any atom is 0.228 e. The van der Waals surface area contributed by atoms with Crippen LogP contribution < -0.4 is 5.32 Å². The molecule has 3 heteroatoms. The summed E-state index contributed by atoms with van der Waals surface area (Å²) >= 11 is 1.71. The largest absolute Gasteiger partial charge is 0.326 e. The number of hydrogen-bond donors (Lipinski definition) is 1. The fraction of sp³-hybridized carbons (Fsp3) is 0.278. The molecule has 110 valence electrons. The molecule has 0 spiro atoms. The quantitative estimate of drug-likeness (QED) is 0.813. The number of rotatable bonds is 5. The predicted molar refractivity (Wildman–Crippen MR) is 90.9 cm³/mol. The first-order valence-corrected chi connectivity index (χ1v) is 8.11. The van der Waals surface area contributed by atoms with Gasteiger partial charge in [-0.1, -0.05) is 37.3 Å². The van der Waals surface area contributed by atoms with Gasteiger partial charge in [0.25, 0.3) is 0 Å². The molecule has 1 amide bonds. The summed E-state index contributed by atoms with van der Waals surface area (Å²) in [5.74, 6) is 0.822. The highest BCUT2D eigenvalue weighted by atomic mass is 32.2. The molecule has 0 saturated carbocycles. The van der Waals surface area contributed by atoms with Gasteiger partial charge in [-0.3, -0.25) is 4.79 Å². The zero-order valence-electron chi connectivity index (χ0n) is 12.7. The van der Waals surface area contributed by atoms with Crippen molar-refractivity contribution in [1.82, 2.24) is 0 Å². The molecule has 0 radical (unpaired) electrons. The lowest BCUT2D eigenvalue weighted by atomic mass is 10.1. The van der Waals surface area contributed by atoms with E-state index < -0.39 is 0 Å². The van der Waals surface area contributed by atoms with E-state index in [2.05, 4.69) is 23.5 Å². The second-order valence-electron chi connectivity index (χ2n) is 5.33. The lowest BCUT2D eigenvalue weighted by Crippen LogP contribution is -2.22. The van der Waals surface area contributed by atoms with Crippen LogP contribution in [0.25, 0.3) is 0 Å². The average molecular weight is 299 g/mol. The number of carbonyl (C=O) groups excluding carboxylic acids is 1. The molecule has 0 aliphatic rings. The number of aryl methyl sites for hydroxylation is 2. The molecule has 0 aromatic heterocycles. The molecule has 2 aromatic rings. The van der Waals surface area contributed by atoms with Crippen molar-refractivity contribution in [3.05, 3.63) is 59.7 Å². The van der Waals surface area contributed by atoms with Gasteiger partial charge in [0.05, 0.1) is 0 Å². The molecule has 0 fully saturated rings. The Kier molecular flexibility index (Phi) is 5.45. The van der Waals surface area contributed by atoms with Crippen molar-refractivity contribution in [2.75, 3.05) is 11.1 Å². The number of anilines is 1. The molecule has 21 heavy (non-hydrogen) atoms. The summed E-state index contributed by atoms with van der Waals surface area (Å²) < 4.78 is 0. The monoisotopic (exact) mass is 299 g/mol. The van der Waals surface area contributed by atoms with Gasteiger partial charge in [-0.2, -0.15) is 0 Å². The summed E-state index contributed by atoms with van der Waals surface area (Å²) in [6, 6.07) is 16.3. The third-order valence-corrected chi connectivity index (χ3v) is 4.61. The fourth-order valence-corrected chi connectivity index (χ4v) is 2.88. The Labute approximate surface area is 131 Å². The molecule has 0 heterocycles. The lowest BCUT2D eigenvalue weighted by molar-refractivity contribution is -0.118. The van der Waals surface area contributed by atoms with Crippen molar-refractivity contribution < 1.29 is 4.79 Å². The highest BCUT2D eigenvalue weighted by Crippen LogP contribution is 2.22. The van der Waals surface area contributed by atoms with Crippen molar-refractivity contribution in [2.45, 2.75) is 25.7 Å². The van der Waals surface area contributed by atoms with Crippen molar-refractivity contribution in [3.8, 4) is 0 Å². The fourth-order valence-electron chi connectivity index (χ4n) is 1.94. The van der Waals surface area contributed by atoms with E-state index in [0.29, 0.717) is 0 Å². The minimum absolute atomic E-state index is 0.0323. The van der Waals surface area contributed by atoms with E-state index >= 15 is 0 Å². The van der Waals surface area contributed by atoms with E-state index in [1.54, 1.807) is 11.8 Å². The standard InChI is InChI=1S/C18H21NOS/c1-13-9-10-14(2)17(11-13)19-18(20)15(3)12-21-16-7-5-4-6-8-16/h4-11,15H,12H2,1-3H3,(H,19,20). The summed E-state index contributed by atoms with van der Waals surface area (Å²) in [5.41, 5.74) is 3.16. The van der Waals surface area contributed by atoms with Crippen LogP contribution in [0.4, 0.5) is 5.69 Å². The first-order chi connectivity index (χ1) is 10.1. The molecule has 1 N–H and O–H groups in total. The maximum atomic E-state index is 12.3. The highest BCUT2D eigenvalue weighted by molar-refractivity contribution is 7.99. The molecule has 2 aromatic carbocycles. The van der Waals surface area contributed by atoms with Crippen LogP contribution in [0.3, 0.4) is 0 Å². The maximum absolute atomic E-state index is 12.3. The van der Waals surface area contributed by atoms with Crippen LogP contribution in [-0.2, 0) is 4.79 Å². The Morgan fingerprint density at radius 1 is 1.14 bits per heavy atom. The minimum atomic E-state index is -0.0323. The Morgan fingerprint density at radius 3 is 2.57 bits per heavy atom. The summed E-state index contributed by atoms with van der Waals surface area (Å²) in [6.45, 7) is 6.01. The van der Waals surface area contributed by atoms with Gasteiger partial charge in [0.2, 0.25) is 5.91 Å². The summed E-state index contributed by atoms with van der Waals surface area (Å²) in [5, 5.41) is 3.03. The van der Waals surface area contributed by atoms with Gasteiger partial charge in [-0.25, -0.2) is 0 Å². The average Bonchev–Trinajstić information content (AvgIpc) is 2.49. The Bertz CT molecular complexity index is 610. The SMILES string of the molecule is Cc1ccc(C)c(NC(=O)C(C)CSc2ccccc2)c1. The van der Waals surface area contributed by atoms with Crippen LogP contribution >= 0.6 is 11.8 Å². The number of thioether (sulfide) groups is 1. The number of hydrogen-bond acceptors (Lipinski definition) is 2. The highest BCUT2D eigenvalue weighted by Gasteiger charge is 2.14. The summed E-state index contributed by atoms with van der Waals surface area (Å²) in [7, 11) is 0. The van der Waals surface area contributed by atoms with Crippen molar-refractivity contribution in [1.29, 1.82) is 0 Å². The molecule has 0 saturated heterocycles. The van der Waals surface area contributed by atoms with E-state index in [1.165, 1.54) is 4.90 Å². The van der Waals surface area contributed by atoms with Crippen LogP contribution in [0, 0.1) is 19.8 Å². The zero-order valence-corrected chi connectivity index (χ0v) is 13.5. The van der Waals surface area contributed by atoms with Gasteiger partial charge in [0.1, 0.15) is 0 Å². The van der Waals surface area contributed by atoms with Crippen molar-refractivity contribution >= 4 is 23.4 Å². The van der Waals surface area contributed by atoms with Crippen molar-refractivity contribution in [3.63, 3.8) is 0 Å². The van der Waals surface area contributed by atoms with E-state index in [4.69, 9.17) is 0 Å². The van der Waals surface area contributed by atoms with Crippen LogP contribution in [0.15, 0.2) is 53.4 Å². The van der Waals surface area contributed by atoms with Gasteiger partial charge in [0.15, 0.2) is 0 Å². The van der Waals surface area contributed by atoms with Gasteiger partial charge >= 0.3 is 0 Å². The molecule has 1 unspecified atom stereocenters. The molecular formula is C18H21NOS. The molecule has 2 nitrogen and oxygen atoms in total. The van der Waals surface area contributed by atoms with Gasteiger partial charge in [-0.05, 0) is 43.2 Å². The van der Waals surface area contributed by atoms with Crippen LogP contribution in [0.2, 0.25) is 0 Å². The van der Waals surface area contributed by atoms with Crippen LogP contribution in [-0.4, -0.2) is 11.7 Å². The number of nitrogens with one attached hydrogen (secondary N) is 1. The first kappa shape index (κ1) is 15.6. The van der Waals surface area contributed by atoms with Gasteiger partial charge in [0, 0.05) is 22.3 Å². The summed E-state index contributed by atoms with van der Waals surface area (Å²) in [6.07, 6.45) is 0. The Morgan fingerprint density at radius 2 is 1.86 bits per heavy atom. The van der Waals surface area contributed by atoms with E-state index in [0.717, 1.165) is 22.6 Å². The second kappa shape index (κ2) is 7.32.